The highest BCUT2D eigenvalue weighted by molar-refractivity contribution is 5.26. The van der Waals surface area contributed by atoms with Crippen LogP contribution in [0.15, 0.2) is 0 Å². The summed E-state index contributed by atoms with van der Waals surface area (Å²) in [5.74, 6) is -49.8. The molecule has 0 unspecified atom stereocenters. The largest absolute Gasteiger partial charge is 0.460 e. The van der Waals surface area contributed by atoms with Crippen molar-refractivity contribution in [1.82, 2.24) is 19.6 Å². The van der Waals surface area contributed by atoms with E-state index in [0.717, 1.165) is 13.8 Å². The number of alkyl halides is 18. The number of hydrogen-bond acceptors (Lipinski definition) is 4. The van der Waals surface area contributed by atoms with Crippen LogP contribution >= 0.6 is 0 Å². The normalized spacial score (nSPS) is 20.4. The van der Waals surface area contributed by atoms with Gasteiger partial charge in [-0.2, -0.15) is 89.2 Å². The summed E-state index contributed by atoms with van der Waals surface area (Å²) >= 11 is 0. The maximum absolute atomic E-state index is 15.1. The van der Waals surface area contributed by atoms with Gasteiger partial charge in [0.15, 0.2) is 17.4 Å². The lowest BCUT2D eigenvalue weighted by atomic mass is 9.98. The van der Waals surface area contributed by atoms with Gasteiger partial charge in [-0.25, -0.2) is 8.78 Å². The topological polar surface area (TPSA) is 54.1 Å². The number of ether oxygens (including phenoxy) is 2. The minimum absolute atomic E-state index is 0.230. The van der Waals surface area contributed by atoms with Crippen molar-refractivity contribution >= 4 is 0 Å². The maximum atomic E-state index is 15.1. The van der Waals surface area contributed by atoms with E-state index in [1.165, 1.54) is 0 Å². The molecule has 0 amide bonds. The average Bonchev–Trinajstić information content (AvgIpc) is 3.45. The number of nitrogens with zero attached hydrogens (tertiary/aromatic N) is 4. The zero-order chi connectivity index (χ0) is 38.5. The van der Waals surface area contributed by atoms with E-state index < -0.39 is 122 Å². The van der Waals surface area contributed by atoms with Gasteiger partial charge in [-0.05, 0) is 13.8 Å². The van der Waals surface area contributed by atoms with E-state index >= 15 is 8.78 Å². The fourth-order valence-electron chi connectivity index (χ4n) is 4.73. The summed E-state index contributed by atoms with van der Waals surface area (Å²) in [6.45, 7) is 2.06. The molecular weight excluding hydrogens is 744 g/mol. The summed E-state index contributed by atoms with van der Waals surface area (Å²) in [6.07, 6.45) is -20.9. The Kier molecular flexibility index (Phi) is 9.46. The second-order valence-electron chi connectivity index (χ2n) is 11.0. The Bertz CT molecular complexity index is 1440. The molecule has 0 saturated carbocycles. The molecule has 0 bridgehead atoms. The van der Waals surface area contributed by atoms with Crippen LogP contribution < -0.4 is 0 Å². The third-order valence-corrected chi connectivity index (χ3v) is 7.07. The van der Waals surface area contributed by atoms with Crippen LogP contribution in [0.1, 0.15) is 36.6 Å². The third kappa shape index (κ3) is 6.06. The van der Waals surface area contributed by atoms with Gasteiger partial charge in [0.1, 0.15) is 22.8 Å². The third-order valence-electron chi connectivity index (χ3n) is 7.07. The summed E-state index contributed by atoms with van der Waals surface area (Å²) in [5.41, 5.74) is -8.40. The van der Waals surface area contributed by atoms with E-state index in [2.05, 4.69) is 10.2 Å². The molecule has 49 heavy (non-hydrogen) atoms. The minimum Gasteiger partial charge on any atom is -0.344 e. The quantitative estimate of drug-likeness (QED) is 0.235. The molecule has 2 atom stereocenters. The Labute approximate surface area is 258 Å². The molecule has 2 aromatic heterocycles. The van der Waals surface area contributed by atoms with Crippen molar-refractivity contribution in [3.63, 3.8) is 0 Å². The molecule has 6 nitrogen and oxygen atoms in total. The smallest absolute Gasteiger partial charge is 0.344 e. The SMILES string of the molecule is Cn1nc(C[C@@H]2OC(C)(C)O[C@H]2Cc2nn(C)c(C(F)(F)C(F)(F)C(F)(F)C(F)(F)F)c2F)c(F)c1C(F)(F)C(F)(F)C(F)(F)C(F)(F)F. The van der Waals surface area contributed by atoms with Crippen LogP contribution in [0, 0.1) is 11.6 Å². The monoisotopic (exact) mass is 762 g/mol. The van der Waals surface area contributed by atoms with Gasteiger partial charge in [0.25, 0.3) is 0 Å². The predicted octanol–water partition coefficient (Wildman–Crippen LogP) is 7.59. The van der Waals surface area contributed by atoms with Crippen molar-refractivity contribution in [1.29, 1.82) is 0 Å². The number of halogens is 20. The first kappa shape index (κ1) is 40.4. The van der Waals surface area contributed by atoms with E-state index in [4.69, 9.17) is 9.47 Å². The number of aryl methyl sites for hydroxylation is 2. The molecule has 26 heteroatoms. The fourth-order valence-corrected chi connectivity index (χ4v) is 4.73. The standard InChI is InChI=1S/C23H18F20N4O2/c1-15(2)48-9(5-7-11(24)13(46(3)44-7)16(26,27)18(30,31)20(34,35)22(38,39)40)10(49-15)6-8-12(25)14(47(4)45-8)17(28,29)19(32,33)21(36,37)23(41,42)43/h9-10H,5-6H2,1-4H3/t9-,10-/m0/s1. The molecule has 282 valence electrons. The first-order chi connectivity index (χ1) is 21.5. The summed E-state index contributed by atoms with van der Waals surface area (Å²) in [4.78, 5) is 0. The summed E-state index contributed by atoms with van der Waals surface area (Å²) in [5, 5.41) is 6.10. The van der Waals surface area contributed by atoms with Crippen LogP contribution in [0.25, 0.3) is 0 Å². The second-order valence-corrected chi connectivity index (χ2v) is 11.0. The van der Waals surface area contributed by atoms with Crippen molar-refractivity contribution in [2.45, 2.75) is 92.6 Å². The summed E-state index contributed by atoms with van der Waals surface area (Å²) in [6, 6.07) is 0. The predicted molar refractivity (Wildman–Crippen MR) is 117 cm³/mol. The van der Waals surface area contributed by atoms with Crippen molar-refractivity contribution in [2.75, 3.05) is 0 Å². The highest BCUT2D eigenvalue weighted by atomic mass is 19.4. The zero-order valence-corrected chi connectivity index (χ0v) is 24.2. The van der Waals surface area contributed by atoms with Gasteiger partial charge in [-0.1, -0.05) is 0 Å². The first-order valence-corrected chi connectivity index (χ1v) is 12.7. The molecule has 3 rings (SSSR count). The molecular formula is C23H18F20N4O2. The van der Waals surface area contributed by atoms with E-state index in [1.807, 2.05) is 0 Å². The van der Waals surface area contributed by atoms with Gasteiger partial charge in [-0.15, -0.1) is 0 Å². The van der Waals surface area contributed by atoms with Crippen LogP contribution in [0.4, 0.5) is 87.8 Å². The molecule has 0 aliphatic carbocycles. The van der Waals surface area contributed by atoms with E-state index in [9.17, 15) is 79.0 Å². The molecule has 0 spiro atoms. The molecule has 0 aromatic carbocycles. The van der Waals surface area contributed by atoms with Crippen molar-refractivity contribution in [3.8, 4) is 0 Å². The zero-order valence-electron chi connectivity index (χ0n) is 24.2. The lowest BCUT2D eigenvalue weighted by molar-refractivity contribution is -0.400. The number of rotatable bonds is 10. The van der Waals surface area contributed by atoms with Crippen molar-refractivity contribution < 1.29 is 97.3 Å². The molecule has 1 aliphatic heterocycles. The summed E-state index contributed by atoms with van der Waals surface area (Å²) in [7, 11) is 0.461. The Morgan fingerprint density at radius 2 is 0.796 bits per heavy atom. The van der Waals surface area contributed by atoms with Crippen LogP contribution in [-0.2, 0) is 48.3 Å². The Balaban J connectivity index is 2.01. The van der Waals surface area contributed by atoms with Crippen molar-refractivity contribution in [3.05, 3.63) is 34.4 Å². The average molecular weight is 762 g/mol. The van der Waals surface area contributed by atoms with Gasteiger partial charge in [0.05, 0.1) is 12.2 Å². The highest BCUT2D eigenvalue weighted by Gasteiger charge is 2.84. The molecule has 1 fully saturated rings. The minimum atomic E-state index is -7.42. The molecule has 2 aromatic rings. The Morgan fingerprint density at radius 1 is 0.531 bits per heavy atom. The van der Waals surface area contributed by atoms with E-state index in [0.29, 0.717) is 0 Å². The first-order valence-electron chi connectivity index (χ1n) is 12.7. The van der Waals surface area contributed by atoms with Gasteiger partial charge in [0.2, 0.25) is 0 Å². The lowest BCUT2D eigenvalue weighted by Crippen LogP contribution is -2.60. The molecule has 1 saturated heterocycles. The molecule has 0 N–H and O–H groups in total. The van der Waals surface area contributed by atoms with Crippen LogP contribution in [0.3, 0.4) is 0 Å². The van der Waals surface area contributed by atoms with Crippen LogP contribution in [-0.4, -0.2) is 73.6 Å². The Hall–Kier alpha value is -3.06. The van der Waals surface area contributed by atoms with Gasteiger partial charge in [0, 0.05) is 26.9 Å². The highest BCUT2D eigenvalue weighted by Crippen LogP contribution is 2.58. The molecule has 3 heterocycles. The fraction of sp³-hybridized carbons (Fsp3) is 0.739. The van der Waals surface area contributed by atoms with Crippen LogP contribution in [0.5, 0.6) is 0 Å². The second kappa shape index (κ2) is 11.5. The maximum Gasteiger partial charge on any atom is 0.460 e. The Morgan fingerprint density at radius 3 is 1.04 bits per heavy atom. The van der Waals surface area contributed by atoms with Gasteiger partial charge >= 0.3 is 47.9 Å². The molecule has 1 aliphatic rings. The molecule has 0 radical (unpaired) electrons. The van der Waals surface area contributed by atoms with Gasteiger partial charge in [-0.3, -0.25) is 9.36 Å². The van der Waals surface area contributed by atoms with Crippen LogP contribution in [0.2, 0.25) is 0 Å². The lowest BCUT2D eigenvalue weighted by Gasteiger charge is -2.33. The van der Waals surface area contributed by atoms with Gasteiger partial charge < -0.3 is 9.47 Å². The van der Waals surface area contributed by atoms with E-state index in [1.54, 1.807) is 0 Å². The summed E-state index contributed by atoms with van der Waals surface area (Å²) < 4.78 is 282. The van der Waals surface area contributed by atoms with Crippen molar-refractivity contribution in [2.24, 2.45) is 14.1 Å². The van der Waals surface area contributed by atoms with E-state index in [-0.39, 0.29) is 14.1 Å². The number of hydrogen-bond donors (Lipinski definition) is 0. The number of aromatic nitrogens is 4.